The van der Waals surface area contributed by atoms with Gasteiger partial charge in [-0.05, 0) is 42.0 Å². The van der Waals surface area contributed by atoms with Gasteiger partial charge in [-0.1, -0.05) is 23.7 Å². The van der Waals surface area contributed by atoms with Crippen LogP contribution in [0.5, 0.6) is 0 Å². The third kappa shape index (κ3) is 4.34. The molecule has 2 aromatic carbocycles. The molecular formula is C22H20ClN7O2. The van der Waals surface area contributed by atoms with Crippen molar-refractivity contribution in [1.82, 2.24) is 25.0 Å². The number of hydrogen-bond donors (Lipinski definition) is 2. The number of halogens is 1. The molecule has 3 heterocycles. The number of benzene rings is 2. The Morgan fingerprint density at radius 2 is 1.78 bits per heavy atom. The van der Waals surface area contributed by atoms with Gasteiger partial charge in [0.25, 0.3) is 5.91 Å². The van der Waals surface area contributed by atoms with Gasteiger partial charge in [-0.15, -0.1) is 5.10 Å². The molecule has 0 atom stereocenters. The summed E-state index contributed by atoms with van der Waals surface area (Å²) in [6, 6.07) is 14.8. The number of aromatic nitrogens is 5. The number of carbonyl (C=O) groups excluding carboxylic acids is 1. The molecule has 1 aliphatic heterocycles. The van der Waals surface area contributed by atoms with Crippen molar-refractivity contribution in [3.63, 3.8) is 0 Å². The molecule has 0 spiro atoms. The Hall–Kier alpha value is -3.69. The highest BCUT2D eigenvalue weighted by Crippen LogP contribution is 2.22. The molecule has 0 bridgehead atoms. The summed E-state index contributed by atoms with van der Waals surface area (Å²) >= 11 is 5.96. The Balaban J connectivity index is 1.25. The second-order valence-electron chi connectivity index (χ2n) is 7.26. The summed E-state index contributed by atoms with van der Waals surface area (Å²) in [7, 11) is 0. The van der Waals surface area contributed by atoms with Gasteiger partial charge in [0.15, 0.2) is 0 Å². The maximum absolute atomic E-state index is 12.6. The second-order valence-corrected chi connectivity index (χ2v) is 7.70. The summed E-state index contributed by atoms with van der Waals surface area (Å²) in [5, 5.41) is 14.8. The largest absolute Gasteiger partial charge is 0.378 e. The van der Waals surface area contributed by atoms with E-state index in [4.69, 9.17) is 16.3 Å². The summed E-state index contributed by atoms with van der Waals surface area (Å²) in [6.07, 6.45) is 3.72. The van der Waals surface area contributed by atoms with E-state index in [1.807, 2.05) is 47.5 Å². The molecule has 1 fully saturated rings. The third-order valence-electron chi connectivity index (χ3n) is 5.15. The fraction of sp³-hybridized carbons (Fsp3) is 0.182. The SMILES string of the molecule is O=C(Nc1nc(N2CCOCC2)n[nH]1)c1ccc(-n2cc(-c3ccc(Cl)cc3)cn2)cc1. The van der Waals surface area contributed by atoms with Crippen LogP contribution in [0.4, 0.5) is 11.9 Å². The number of carbonyl (C=O) groups is 1. The van der Waals surface area contributed by atoms with Crippen LogP contribution in [0, 0.1) is 0 Å². The van der Waals surface area contributed by atoms with Gasteiger partial charge in [-0.25, -0.2) is 9.78 Å². The standard InChI is InChI=1S/C22H20ClN7O2/c23-18-5-1-15(2-6-18)17-13-24-30(14-17)19-7-3-16(4-8-19)20(31)25-21-26-22(28-27-21)29-9-11-32-12-10-29/h1-8,13-14H,9-12H2,(H2,25,26,27,28,31). The summed E-state index contributed by atoms with van der Waals surface area (Å²) < 4.78 is 7.09. The first kappa shape index (κ1) is 20.2. The van der Waals surface area contributed by atoms with Gasteiger partial charge in [0, 0.05) is 35.4 Å². The first-order valence-electron chi connectivity index (χ1n) is 10.1. The molecule has 1 saturated heterocycles. The molecule has 0 radical (unpaired) electrons. The van der Waals surface area contributed by atoms with Crippen molar-refractivity contribution in [3.8, 4) is 16.8 Å². The molecule has 5 rings (SSSR count). The fourth-order valence-electron chi connectivity index (χ4n) is 3.41. The summed E-state index contributed by atoms with van der Waals surface area (Å²) in [6.45, 7) is 2.72. The van der Waals surface area contributed by atoms with Crippen molar-refractivity contribution in [2.45, 2.75) is 0 Å². The number of nitrogens with zero attached hydrogens (tertiary/aromatic N) is 5. The lowest BCUT2D eigenvalue weighted by atomic mass is 10.1. The van der Waals surface area contributed by atoms with Crippen LogP contribution in [0.1, 0.15) is 10.4 Å². The highest BCUT2D eigenvalue weighted by Gasteiger charge is 2.17. The van der Waals surface area contributed by atoms with Crippen LogP contribution in [0.25, 0.3) is 16.8 Å². The van der Waals surface area contributed by atoms with Crippen molar-refractivity contribution in [2.24, 2.45) is 0 Å². The fourth-order valence-corrected chi connectivity index (χ4v) is 3.54. The number of anilines is 2. The minimum Gasteiger partial charge on any atom is -0.378 e. The Bertz CT molecular complexity index is 1210. The molecule has 162 valence electrons. The first-order valence-corrected chi connectivity index (χ1v) is 10.5. The number of rotatable bonds is 5. The number of aromatic amines is 1. The quantitative estimate of drug-likeness (QED) is 0.484. The normalized spacial score (nSPS) is 13.8. The number of amides is 1. The Morgan fingerprint density at radius 3 is 2.53 bits per heavy atom. The van der Waals surface area contributed by atoms with E-state index in [2.05, 4.69) is 25.6 Å². The third-order valence-corrected chi connectivity index (χ3v) is 5.41. The van der Waals surface area contributed by atoms with E-state index < -0.39 is 0 Å². The maximum Gasteiger partial charge on any atom is 0.258 e. The summed E-state index contributed by atoms with van der Waals surface area (Å²) in [4.78, 5) is 19.0. The van der Waals surface area contributed by atoms with Crippen LogP contribution in [-0.2, 0) is 4.74 Å². The number of hydrogen-bond acceptors (Lipinski definition) is 6. The van der Waals surface area contributed by atoms with Gasteiger partial charge in [0.2, 0.25) is 11.9 Å². The van der Waals surface area contributed by atoms with Crippen molar-refractivity contribution in [1.29, 1.82) is 0 Å². The van der Waals surface area contributed by atoms with Crippen molar-refractivity contribution >= 4 is 29.4 Å². The maximum atomic E-state index is 12.6. The predicted octanol–water partition coefficient (Wildman–Crippen LogP) is 3.40. The average molecular weight is 450 g/mol. The minimum atomic E-state index is -0.274. The van der Waals surface area contributed by atoms with Gasteiger partial charge in [0.05, 0.1) is 25.1 Å². The Morgan fingerprint density at radius 1 is 1.03 bits per heavy atom. The number of H-pyrrole nitrogens is 1. The zero-order valence-electron chi connectivity index (χ0n) is 17.0. The zero-order valence-corrected chi connectivity index (χ0v) is 17.8. The van der Waals surface area contributed by atoms with Crippen molar-refractivity contribution in [3.05, 3.63) is 71.5 Å². The van der Waals surface area contributed by atoms with Gasteiger partial charge in [-0.2, -0.15) is 10.1 Å². The van der Waals surface area contributed by atoms with Gasteiger partial charge in [0.1, 0.15) is 0 Å². The van der Waals surface area contributed by atoms with Gasteiger partial charge in [-0.3, -0.25) is 10.1 Å². The van der Waals surface area contributed by atoms with Crippen LogP contribution >= 0.6 is 11.6 Å². The lowest BCUT2D eigenvalue weighted by molar-refractivity contribution is 0.102. The predicted molar refractivity (Wildman–Crippen MR) is 121 cm³/mol. The molecule has 0 aliphatic carbocycles. The second kappa shape index (κ2) is 8.81. The highest BCUT2D eigenvalue weighted by molar-refractivity contribution is 6.30. The molecule has 0 unspecified atom stereocenters. The molecule has 32 heavy (non-hydrogen) atoms. The molecule has 2 aromatic heterocycles. The average Bonchev–Trinajstić information content (AvgIpc) is 3.51. The monoisotopic (exact) mass is 449 g/mol. The van der Waals surface area contributed by atoms with Gasteiger partial charge >= 0.3 is 0 Å². The van der Waals surface area contributed by atoms with Crippen LogP contribution in [0.3, 0.4) is 0 Å². The Kier molecular flexibility index (Phi) is 5.57. The first-order chi connectivity index (χ1) is 15.7. The lowest BCUT2D eigenvalue weighted by Gasteiger charge is -2.25. The molecule has 0 saturated carbocycles. The van der Waals surface area contributed by atoms with Crippen molar-refractivity contribution < 1.29 is 9.53 Å². The van der Waals surface area contributed by atoms with Crippen LogP contribution < -0.4 is 10.2 Å². The van der Waals surface area contributed by atoms with Crippen LogP contribution in [-0.4, -0.2) is 57.2 Å². The molecule has 10 heteroatoms. The summed E-state index contributed by atoms with van der Waals surface area (Å²) in [5.41, 5.74) is 3.35. The molecule has 2 N–H and O–H groups in total. The lowest BCUT2D eigenvalue weighted by Crippen LogP contribution is -2.36. The molecule has 1 aliphatic rings. The number of ether oxygens (including phenoxy) is 1. The topological polar surface area (TPSA) is 101 Å². The smallest absolute Gasteiger partial charge is 0.258 e. The van der Waals surface area contributed by atoms with E-state index in [9.17, 15) is 4.79 Å². The van der Waals surface area contributed by atoms with Crippen LogP contribution in [0.2, 0.25) is 5.02 Å². The molecule has 1 amide bonds. The summed E-state index contributed by atoms with van der Waals surface area (Å²) in [5.74, 6) is 0.581. The zero-order chi connectivity index (χ0) is 21.9. The Labute approximate surface area is 189 Å². The van der Waals surface area contributed by atoms with E-state index in [0.717, 1.165) is 29.9 Å². The molecular weight excluding hydrogens is 430 g/mol. The van der Waals surface area contributed by atoms with Gasteiger partial charge < -0.3 is 9.64 Å². The van der Waals surface area contributed by atoms with E-state index in [1.165, 1.54) is 0 Å². The van der Waals surface area contributed by atoms with Crippen molar-refractivity contribution in [2.75, 3.05) is 36.5 Å². The van der Waals surface area contributed by atoms with E-state index in [0.29, 0.717) is 35.7 Å². The number of morpholine rings is 1. The highest BCUT2D eigenvalue weighted by atomic mass is 35.5. The van der Waals surface area contributed by atoms with E-state index in [-0.39, 0.29) is 5.91 Å². The van der Waals surface area contributed by atoms with Crippen LogP contribution in [0.15, 0.2) is 60.9 Å². The number of nitrogens with one attached hydrogen (secondary N) is 2. The molecule has 4 aromatic rings. The van der Waals surface area contributed by atoms with E-state index >= 15 is 0 Å². The molecule has 9 nitrogen and oxygen atoms in total. The van der Waals surface area contributed by atoms with E-state index in [1.54, 1.807) is 23.0 Å². The minimum absolute atomic E-state index is 0.274.